The summed E-state index contributed by atoms with van der Waals surface area (Å²) in [5.41, 5.74) is 3.04. The number of anilines is 2. The fourth-order valence-electron chi connectivity index (χ4n) is 4.50. The number of nitrogens with one attached hydrogen (secondary N) is 2. The number of amides is 2. The summed E-state index contributed by atoms with van der Waals surface area (Å²) in [4.78, 5) is 29.8. The Morgan fingerprint density at radius 2 is 1.47 bits per heavy atom. The maximum absolute atomic E-state index is 12.9. The molecule has 2 N–H and O–H groups in total. The van der Waals surface area contributed by atoms with Gasteiger partial charge in [-0.2, -0.15) is 0 Å². The molecule has 1 aliphatic heterocycles. The number of carbonyl (C=O) groups is 2. The highest BCUT2D eigenvalue weighted by Crippen LogP contribution is 2.26. The minimum atomic E-state index is -0.270. The summed E-state index contributed by atoms with van der Waals surface area (Å²) >= 11 is 14.9. The van der Waals surface area contributed by atoms with Gasteiger partial charge in [0.15, 0.2) is 5.11 Å². The lowest BCUT2D eigenvalue weighted by molar-refractivity contribution is 0.0746. The lowest BCUT2D eigenvalue weighted by Gasteiger charge is -2.36. The molecular weight excluding hydrogens is 584 g/mol. The van der Waals surface area contributed by atoms with Crippen molar-refractivity contribution in [3.05, 3.63) is 106 Å². The Labute approximate surface area is 239 Å². The van der Waals surface area contributed by atoms with E-state index in [0.29, 0.717) is 29.2 Å². The summed E-state index contributed by atoms with van der Waals surface area (Å²) in [7, 11) is 0. The standard InChI is InChI=1S/C29H24BrClN4O2S/c30-26-6-2-3-23-24(26)4-1-5-25(23)27(36)33-29(38)32-21-11-13-22(14-12-21)34-15-17-35(18-16-34)28(37)19-7-9-20(31)10-8-19/h1-14H,15-18H2,(H2,32,33,36,38). The van der Waals surface area contributed by atoms with Crippen LogP contribution < -0.4 is 15.5 Å². The Hall–Kier alpha value is -3.46. The predicted molar refractivity (Wildman–Crippen MR) is 161 cm³/mol. The summed E-state index contributed by atoms with van der Waals surface area (Å²) in [5.74, 6) is -0.249. The zero-order valence-electron chi connectivity index (χ0n) is 20.3. The van der Waals surface area contributed by atoms with Gasteiger partial charge in [-0.1, -0.05) is 51.8 Å². The number of hydrogen-bond donors (Lipinski definition) is 2. The van der Waals surface area contributed by atoms with E-state index in [2.05, 4.69) is 31.5 Å². The number of piperazine rings is 1. The highest BCUT2D eigenvalue weighted by atomic mass is 79.9. The van der Waals surface area contributed by atoms with Crippen molar-refractivity contribution in [2.24, 2.45) is 0 Å². The van der Waals surface area contributed by atoms with Crippen LogP contribution in [0.15, 0.2) is 89.4 Å². The van der Waals surface area contributed by atoms with Crippen molar-refractivity contribution in [2.45, 2.75) is 0 Å². The molecule has 1 fully saturated rings. The molecule has 4 aromatic rings. The van der Waals surface area contributed by atoms with E-state index in [1.54, 1.807) is 30.3 Å². The third-order valence-corrected chi connectivity index (χ3v) is 7.64. The van der Waals surface area contributed by atoms with Crippen LogP contribution in [0.3, 0.4) is 0 Å². The van der Waals surface area contributed by atoms with Crippen molar-refractivity contribution in [2.75, 3.05) is 36.4 Å². The van der Waals surface area contributed by atoms with Gasteiger partial charge in [0.05, 0.1) is 0 Å². The van der Waals surface area contributed by atoms with E-state index in [0.717, 1.165) is 39.7 Å². The predicted octanol–water partition coefficient (Wildman–Crippen LogP) is 6.34. The second kappa shape index (κ2) is 11.5. The molecular formula is C29H24BrClN4O2S. The number of nitrogens with zero attached hydrogens (tertiary/aromatic N) is 2. The number of rotatable bonds is 4. The topological polar surface area (TPSA) is 64.7 Å². The minimum Gasteiger partial charge on any atom is -0.368 e. The van der Waals surface area contributed by atoms with E-state index in [-0.39, 0.29) is 16.9 Å². The molecule has 0 spiro atoms. The number of carbonyl (C=O) groups excluding carboxylic acids is 2. The second-order valence-corrected chi connectivity index (χ2v) is 10.6. The molecule has 4 aromatic carbocycles. The SMILES string of the molecule is O=C(NC(=S)Nc1ccc(N2CCN(C(=O)c3ccc(Cl)cc3)CC2)cc1)c1cccc2c(Br)cccc12. The number of thiocarbonyl (C=S) groups is 1. The molecule has 0 saturated carbocycles. The van der Waals surface area contributed by atoms with Crippen molar-refractivity contribution in [3.63, 3.8) is 0 Å². The van der Waals surface area contributed by atoms with Crippen LogP contribution in [0.4, 0.5) is 11.4 Å². The Kier molecular flexibility index (Phi) is 7.93. The van der Waals surface area contributed by atoms with Crippen LogP contribution >= 0.6 is 39.7 Å². The van der Waals surface area contributed by atoms with Crippen LogP contribution in [0.5, 0.6) is 0 Å². The Balaban J connectivity index is 1.15. The number of halogens is 2. The molecule has 1 heterocycles. The van der Waals surface area contributed by atoms with Crippen LogP contribution in [0.25, 0.3) is 10.8 Å². The zero-order chi connectivity index (χ0) is 26.6. The fourth-order valence-corrected chi connectivity index (χ4v) is 5.34. The van der Waals surface area contributed by atoms with E-state index < -0.39 is 0 Å². The van der Waals surface area contributed by atoms with E-state index >= 15 is 0 Å². The van der Waals surface area contributed by atoms with Crippen LogP contribution in [-0.2, 0) is 0 Å². The average molecular weight is 608 g/mol. The maximum atomic E-state index is 12.9. The first-order valence-electron chi connectivity index (χ1n) is 12.1. The van der Waals surface area contributed by atoms with Gasteiger partial charge in [0.1, 0.15) is 0 Å². The molecule has 0 aliphatic carbocycles. The molecule has 38 heavy (non-hydrogen) atoms. The monoisotopic (exact) mass is 606 g/mol. The largest absolute Gasteiger partial charge is 0.368 e. The number of benzene rings is 4. The van der Waals surface area contributed by atoms with Gasteiger partial charge in [0, 0.05) is 58.2 Å². The molecule has 0 atom stereocenters. The van der Waals surface area contributed by atoms with Crippen LogP contribution in [0.1, 0.15) is 20.7 Å². The first kappa shape index (κ1) is 26.2. The number of fused-ring (bicyclic) bond motifs is 1. The van der Waals surface area contributed by atoms with Crippen molar-refractivity contribution < 1.29 is 9.59 Å². The molecule has 6 nitrogen and oxygen atoms in total. The first-order valence-corrected chi connectivity index (χ1v) is 13.7. The van der Waals surface area contributed by atoms with Crippen LogP contribution in [-0.4, -0.2) is 48.0 Å². The molecule has 5 rings (SSSR count). The van der Waals surface area contributed by atoms with Gasteiger partial charge in [-0.3, -0.25) is 14.9 Å². The molecule has 2 amide bonds. The van der Waals surface area contributed by atoms with Gasteiger partial charge in [0.2, 0.25) is 0 Å². The molecule has 192 valence electrons. The quantitative estimate of drug-likeness (QED) is 0.265. The van der Waals surface area contributed by atoms with Crippen molar-refractivity contribution in [1.29, 1.82) is 0 Å². The van der Waals surface area contributed by atoms with E-state index in [1.807, 2.05) is 59.5 Å². The summed E-state index contributed by atoms with van der Waals surface area (Å²) in [5, 5.41) is 8.52. The van der Waals surface area contributed by atoms with Gasteiger partial charge in [-0.05, 0) is 83.7 Å². The smallest absolute Gasteiger partial charge is 0.258 e. The number of hydrogen-bond acceptors (Lipinski definition) is 4. The molecule has 0 bridgehead atoms. The van der Waals surface area contributed by atoms with Gasteiger partial charge in [-0.25, -0.2) is 0 Å². The van der Waals surface area contributed by atoms with Gasteiger partial charge < -0.3 is 15.1 Å². The van der Waals surface area contributed by atoms with E-state index in [9.17, 15) is 9.59 Å². The summed E-state index contributed by atoms with van der Waals surface area (Å²) < 4.78 is 0.931. The van der Waals surface area contributed by atoms with Crippen LogP contribution in [0.2, 0.25) is 5.02 Å². The fraction of sp³-hybridized carbons (Fsp3) is 0.138. The first-order chi connectivity index (χ1) is 18.4. The second-order valence-electron chi connectivity index (χ2n) is 8.88. The molecule has 0 radical (unpaired) electrons. The lowest BCUT2D eigenvalue weighted by Crippen LogP contribution is -2.48. The van der Waals surface area contributed by atoms with Crippen molar-refractivity contribution in [1.82, 2.24) is 10.2 Å². The lowest BCUT2D eigenvalue weighted by atomic mass is 10.0. The summed E-state index contributed by atoms with van der Waals surface area (Å²) in [6.07, 6.45) is 0. The van der Waals surface area contributed by atoms with Crippen molar-refractivity contribution in [3.8, 4) is 0 Å². The van der Waals surface area contributed by atoms with Gasteiger partial charge in [-0.15, -0.1) is 0 Å². The Morgan fingerprint density at radius 1 is 0.816 bits per heavy atom. The molecule has 0 unspecified atom stereocenters. The maximum Gasteiger partial charge on any atom is 0.258 e. The molecule has 1 aliphatic rings. The van der Waals surface area contributed by atoms with Gasteiger partial charge in [0.25, 0.3) is 11.8 Å². The highest BCUT2D eigenvalue weighted by Gasteiger charge is 2.22. The Morgan fingerprint density at radius 3 is 2.18 bits per heavy atom. The van der Waals surface area contributed by atoms with Crippen molar-refractivity contribution >= 4 is 78.8 Å². The van der Waals surface area contributed by atoms with Gasteiger partial charge >= 0.3 is 0 Å². The minimum absolute atomic E-state index is 0.0209. The third-order valence-electron chi connectivity index (χ3n) is 6.49. The summed E-state index contributed by atoms with van der Waals surface area (Å²) in [6, 6.07) is 26.2. The third kappa shape index (κ3) is 5.83. The molecule has 0 aromatic heterocycles. The normalized spacial score (nSPS) is 13.3. The van der Waals surface area contributed by atoms with Crippen LogP contribution in [0, 0.1) is 0 Å². The summed E-state index contributed by atoms with van der Waals surface area (Å²) in [6.45, 7) is 2.76. The van der Waals surface area contributed by atoms with E-state index in [1.165, 1.54) is 0 Å². The molecule has 1 saturated heterocycles. The zero-order valence-corrected chi connectivity index (χ0v) is 23.4. The Bertz CT molecular complexity index is 1500. The van der Waals surface area contributed by atoms with E-state index in [4.69, 9.17) is 23.8 Å². The molecule has 9 heteroatoms. The average Bonchev–Trinajstić information content (AvgIpc) is 2.93. The highest BCUT2D eigenvalue weighted by molar-refractivity contribution is 9.10.